The van der Waals surface area contributed by atoms with E-state index in [-0.39, 0.29) is 12.7 Å². The Morgan fingerprint density at radius 2 is 2.19 bits per heavy atom. The molecule has 0 aromatic heterocycles. The number of rotatable bonds is 6. The lowest BCUT2D eigenvalue weighted by Crippen LogP contribution is -2.52. The molecule has 0 radical (unpaired) electrons. The monoisotopic (exact) mass is 330 g/mol. The van der Waals surface area contributed by atoms with E-state index in [0.29, 0.717) is 0 Å². The highest BCUT2D eigenvalue weighted by Crippen LogP contribution is 2.55. The van der Waals surface area contributed by atoms with E-state index >= 15 is 0 Å². The summed E-state index contributed by atoms with van der Waals surface area (Å²) in [5, 5.41) is 0. The van der Waals surface area contributed by atoms with Crippen LogP contribution in [0.3, 0.4) is 0 Å². The lowest BCUT2D eigenvalue weighted by atomic mass is 10.0. The minimum Gasteiger partial charge on any atom is -0.432 e. The Labute approximate surface area is 122 Å². The van der Waals surface area contributed by atoms with Gasteiger partial charge in [-0.2, -0.15) is 0 Å². The van der Waals surface area contributed by atoms with Gasteiger partial charge in [-0.25, -0.2) is 18.3 Å². The van der Waals surface area contributed by atoms with E-state index in [1.54, 1.807) is 13.8 Å². The van der Waals surface area contributed by atoms with Crippen LogP contribution in [0.5, 0.6) is 0 Å². The molecule has 1 heterocycles. The summed E-state index contributed by atoms with van der Waals surface area (Å²) in [4.78, 5) is 11.1. The molecule has 0 aliphatic carbocycles. The van der Waals surface area contributed by atoms with Crippen LogP contribution in [0.25, 0.3) is 0 Å². The maximum absolute atomic E-state index is 13.0. The summed E-state index contributed by atoms with van der Waals surface area (Å²) in [5.41, 5.74) is -1.34. The first-order valence-corrected chi connectivity index (χ1v) is 7.75. The summed E-state index contributed by atoms with van der Waals surface area (Å²) < 4.78 is 54.1. The molecule has 1 fully saturated rings. The van der Waals surface area contributed by atoms with Crippen molar-refractivity contribution >= 4 is 14.0 Å². The van der Waals surface area contributed by atoms with Crippen LogP contribution in [0.4, 0.5) is 9.18 Å². The molecule has 1 aliphatic heterocycles. The highest BCUT2D eigenvalue weighted by Gasteiger charge is 2.49. The molecule has 1 aliphatic rings. The molecule has 3 atom stereocenters. The third-order valence-corrected chi connectivity index (χ3v) is 4.29. The summed E-state index contributed by atoms with van der Waals surface area (Å²) in [6.07, 6.45) is -2.20. The van der Waals surface area contributed by atoms with E-state index < -0.39 is 39.2 Å². The second kappa shape index (κ2) is 7.51. The zero-order valence-corrected chi connectivity index (χ0v) is 13.3. The number of hydrogen-bond donors (Lipinski definition) is 0. The highest BCUT2D eigenvalue weighted by atomic mass is 31.2. The fraction of sp³-hybridized carbons (Fsp3) is 0.909. The van der Waals surface area contributed by atoms with E-state index in [1.165, 1.54) is 14.0 Å². The van der Waals surface area contributed by atoms with E-state index in [0.717, 1.165) is 0 Å². The Morgan fingerprint density at radius 3 is 2.67 bits per heavy atom. The van der Waals surface area contributed by atoms with Crippen LogP contribution >= 0.6 is 7.82 Å². The predicted octanol–water partition coefficient (Wildman–Crippen LogP) is 2.42. The summed E-state index contributed by atoms with van der Waals surface area (Å²) in [6, 6.07) is 0. The van der Waals surface area contributed by atoms with E-state index in [2.05, 4.69) is 9.47 Å². The smallest absolute Gasteiger partial charge is 0.432 e. The van der Waals surface area contributed by atoms with Crippen molar-refractivity contribution in [1.82, 2.24) is 0 Å². The highest BCUT2D eigenvalue weighted by molar-refractivity contribution is 7.48. The molecule has 8 nitrogen and oxygen atoms in total. The van der Waals surface area contributed by atoms with Gasteiger partial charge < -0.3 is 14.2 Å². The number of alkyl halides is 1. The zero-order valence-electron chi connectivity index (χ0n) is 12.4. The SMILES string of the molecule is CO[C@]1(CF)COP(=O)(OCOC(=O)OC(C)C)O[C@H]1C. The van der Waals surface area contributed by atoms with Crippen molar-refractivity contribution in [2.24, 2.45) is 0 Å². The number of phosphoric ester groups is 1. The van der Waals surface area contributed by atoms with Crippen LogP contribution in [0.2, 0.25) is 0 Å². The van der Waals surface area contributed by atoms with Crippen LogP contribution < -0.4 is 0 Å². The first kappa shape index (κ1) is 18.3. The van der Waals surface area contributed by atoms with Crippen molar-refractivity contribution in [3.05, 3.63) is 0 Å². The maximum atomic E-state index is 13.0. The van der Waals surface area contributed by atoms with Gasteiger partial charge in [0.1, 0.15) is 18.4 Å². The Hall–Kier alpha value is -0.730. The molecule has 21 heavy (non-hydrogen) atoms. The molecule has 10 heteroatoms. The lowest BCUT2D eigenvalue weighted by molar-refractivity contribution is -0.160. The zero-order chi connectivity index (χ0) is 16.1. The summed E-state index contributed by atoms with van der Waals surface area (Å²) in [5.74, 6) is 0. The second-order valence-corrected chi connectivity index (χ2v) is 6.30. The summed E-state index contributed by atoms with van der Waals surface area (Å²) >= 11 is 0. The predicted molar refractivity (Wildman–Crippen MR) is 68.5 cm³/mol. The van der Waals surface area contributed by atoms with Crippen molar-refractivity contribution < 1.29 is 41.5 Å². The minimum atomic E-state index is -3.95. The molecule has 0 saturated carbocycles. The molecule has 0 amide bonds. The number of carbonyl (C=O) groups excluding carboxylic acids is 1. The Bertz CT molecular complexity index is 398. The molecule has 0 bridgehead atoms. The fourth-order valence-corrected chi connectivity index (χ4v) is 2.82. The standard InChI is InChI=1S/C11H20FO8P/c1-8(2)19-10(13)16-7-18-21(14)17-6-11(5-12,15-4)9(3)20-21/h8-9H,5-7H2,1-4H3/t9-,11+,21?/m0/s1. The number of halogens is 1. The lowest BCUT2D eigenvalue weighted by Gasteiger charge is -2.40. The van der Waals surface area contributed by atoms with Crippen LogP contribution in [-0.2, 0) is 32.3 Å². The van der Waals surface area contributed by atoms with Gasteiger partial charge in [0.05, 0.1) is 12.7 Å². The first-order chi connectivity index (χ1) is 9.77. The molecule has 0 aromatic carbocycles. The number of methoxy groups -OCH3 is 1. The molecule has 0 spiro atoms. The molecule has 1 rings (SSSR count). The van der Waals surface area contributed by atoms with Gasteiger partial charge in [0.25, 0.3) is 0 Å². The van der Waals surface area contributed by atoms with Gasteiger partial charge in [-0.15, -0.1) is 0 Å². The maximum Gasteiger partial charge on any atom is 0.510 e. The largest absolute Gasteiger partial charge is 0.510 e. The third-order valence-electron chi connectivity index (χ3n) is 2.85. The van der Waals surface area contributed by atoms with Gasteiger partial charge in [0, 0.05) is 7.11 Å². The van der Waals surface area contributed by atoms with Crippen LogP contribution in [0.1, 0.15) is 20.8 Å². The summed E-state index contributed by atoms with van der Waals surface area (Å²) in [6.45, 7) is 2.90. The molecule has 0 N–H and O–H groups in total. The Balaban J connectivity index is 2.47. The van der Waals surface area contributed by atoms with Gasteiger partial charge in [0.15, 0.2) is 0 Å². The van der Waals surface area contributed by atoms with E-state index in [1.807, 2.05) is 0 Å². The van der Waals surface area contributed by atoms with E-state index in [4.69, 9.17) is 18.3 Å². The molecule has 0 aromatic rings. The van der Waals surface area contributed by atoms with Gasteiger partial charge in [0.2, 0.25) is 6.79 Å². The van der Waals surface area contributed by atoms with Crippen LogP contribution in [0, 0.1) is 0 Å². The van der Waals surface area contributed by atoms with E-state index in [9.17, 15) is 13.8 Å². The average Bonchev–Trinajstić information content (AvgIpc) is 2.39. The summed E-state index contributed by atoms with van der Waals surface area (Å²) in [7, 11) is -2.65. The van der Waals surface area contributed by atoms with Crippen molar-refractivity contribution in [1.29, 1.82) is 0 Å². The van der Waals surface area contributed by atoms with Gasteiger partial charge >= 0.3 is 14.0 Å². The number of phosphoric acid groups is 1. The second-order valence-electron chi connectivity index (χ2n) is 4.68. The Kier molecular flexibility index (Phi) is 6.55. The molecule has 1 unspecified atom stereocenters. The van der Waals surface area contributed by atoms with Gasteiger partial charge in [-0.1, -0.05) is 0 Å². The van der Waals surface area contributed by atoms with Crippen molar-refractivity contribution in [3.63, 3.8) is 0 Å². The van der Waals surface area contributed by atoms with Gasteiger partial charge in [-0.3, -0.25) is 9.05 Å². The van der Waals surface area contributed by atoms with Crippen molar-refractivity contribution in [2.75, 3.05) is 27.2 Å². The quantitative estimate of drug-likeness (QED) is 0.417. The first-order valence-electron chi connectivity index (χ1n) is 6.29. The van der Waals surface area contributed by atoms with Crippen LogP contribution in [0.15, 0.2) is 0 Å². The number of carbonyl (C=O) groups is 1. The molecular weight excluding hydrogens is 310 g/mol. The fourth-order valence-electron chi connectivity index (χ4n) is 1.49. The van der Waals surface area contributed by atoms with Gasteiger partial charge in [-0.05, 0) is 20.8 Å². The topological polar surface area (TPSA) is 89.5 Å². The van der Waals surface area contributed by atoms with Crippen LogP contribution in [-0.4, -0.2) is 51.1 Å². The normalized spacial score (nSPS) is 33.0. The third kappa shape index (κ3) is 4.89. The van der Waals surface area contributed by atoms with Crippen molar-refractivity contribution in [3.8, 4) is 0 Å². The average molecular weight is 330 g/mol. The number of ether oxygens (including phenoxy) is 3. The molecule has 124 valence electrons. The molecular formula is C11H20FO8P. The molecule has 1 saturated heterocycles. The Morgan fingerprint density at radius 1 is 1.52 bits per heavy atom. The van der Waals surface area contributed by atoms with Crippen molar-refractivity contribution in [2.45, 2.75) is 38.6 Å². The number of hydrogen-bond acceptors (Lipinski definition) is 8. The minimum absolute atomic E-state index is 0.311.